The molecule has 1 aromatic carbocycles. The number of nitrogens with two attached hydrogens (primary N) is 1. The molecule has 29 heavy (non-hydrogen) atoms. The predicted molar refractivity (Wildman–Crippen MR) is 98.9 cm³/mol. The van der Waals surface area contributed by atoms with Crippen LogP contribution < -0.4 is 16.6 Å². The molecule has 11 heteroatoms. The Balaban J connectivity index is 1.83. The number of hydrogen-bond donors (Lipinski definition) is 3. The number of likely N-dealkylation sites (tertiary alicyclic amines) is 1. The van der Waals surface area contributed by atoms with Crippen LogP contribution in [0.4, 0.5) is 25.0 Å². The summed E-state index contributed by atoms with van der Waals surface area (Å²) in [7, 11) is 1.41. The van der Waals surface area contributed by atoms with E-state index in [-0.39, 0.29) is 30.0 Å². The monoisotopic (exact) mass is 408 g/mol. The van der Waals surface area contributed by atoms with Crippen molar-refractivity contribution in [1.29, 1.82) is 0 Å². The molecule has 4 N–H and O–H groups in total. The van der Waals surface area contributed by atoms with Crippen LogP contribution in [0, 0.1) is 11.6 Å². The third-order valence-electron chi connectivity index (χ3n) is 4.67. The summed E-state index contributed by atoms with van der Waals surface area (Å²) in [6.45, 7) is 0.0248. The molecule has 2 atom stereocenters. The number of pyridine rings is 1. The van der Waals surface area contributed by atoms with Crippen molar-refractivity contribution in [3.8, 4) is 5.69 Å². The molecule has 1 saturated heterocycles. The standard InChI is InChI=1S/C18H18F2N4O5/c1-29-10-5-15(24(7-10)18(27)28)17(26)22-14-3-2-9(4-11(14)19)23-8-12(20)13(21)6-16(23)25/h2-4,6,8,10,15H,5,7,21H2,1H3,(H,22,26)(H,27,28)/t10-,15-/m1/s1. The van der Waals surface area contributed by atoms with Crippen molar-refractivity contribution in [2.75, 3.05) is 24.7 Å². The smallest absolute Gasteiger partial charge is 0.408 e. The van der Waals surface area contributed by atoms with Gasteiger partial charge >= 0.3 is 6.09 Å². The third-order valence-corrected chi connectivity index (χ3v) is 4.67. The molecule has 1 aliphatic rings. The highest BCUT2D eigenvalue weighted by atomic mass is 19.1. The van der Waals surface area contributed by atoms with E-state index in [4.69, 9.17) is 10.5 Å². The zero-order valence-corrected chi connectivity index (χ0v) is 15.3. The largest absolute Gasteiger partial charge is 0.465 e. The zero-order chi connectivity index (χ0) is 21.3. The summed E-state index contributed by atoms with van der Waals surface area (Å²) in [6.07, 6.45) is -0.764. The lowest BCUT2D eigenvalue weighted by molar-refractivity contribution is -0.120. The van der Waals surface area contributed by atoms with Crippen molar-refractivity contribution < 1.29 is 28.2 Å². The Hall–Kier alpha value is -3.47. The topological polar surface area (TPSA) is 127 Å². The van der Waals surface area contributed by atoms with E-state index in [0.717, 1.165) is 27.8 Å². The Morgan fingerprint density at radius 3 is 2.62 bits per heavy atom. The molecule has 9 nitrogen and oxygen atoms in total. The summed E-state index contributed by atoms with van der Waals surface area (Å²) in [5, 5.41) is 11.6. The Morgan fingerprint density at radius 1 is 1.28 bits per heavy atom. The van der Waals surface area contributed by atoms with Crippen LogP contribution in [-0.4, -0.2) is 52.4 Å². The van der Waals surface area contributed by atoms with E-state index in [1.54, 1.807) is 0 Å². The number of hydrogen-bond acceptors (Lipinski definition) is 5. The normalized spacial score (nSPS) is 18.7. The summed E-state index contributed by atoms with van der Waals surface area (Å²) in [5.74, 6) is -2.44. The number of benzene rings is 1. The minimum Gasteiger partial charge on any atom is -0.465 e. The van der Waals surface area contributed by atoms with Crippen molar-refractivity contribution in [2.45, 2.75) is 18.6 Å². The highest BCUT2D eigenvalue weighted by Gasteiger charge is 2.40. The fourth-order valence-electron chi connectivity index (χ4n) is 3.12. The number of ether oxygens (including phenoxy) is 1. The number of anilines is 2. The molecule has 154 valence electrons. The number of carbonyl (C=O) groups excluding carboxylic acids is 1. The van der Waals surface area contributed by atoms with Crippen LogP contribution in [0.1, 0.15) is 6.42 Å². The lowest BCUT2D eigenvalue weighted by Gasteiger charge is -2.20. The van der Waals surface area contributed by atoms with Crippen LogP contribution >= 0.6 is 0 Å². The summed E-state index contributed by atoms with van der Waals surface area (Å²) in [5.41, 5.74) is 4.15. The maximum absolute atomic E-state index is 14.5. The van der Waals surface area contributed by atoms with Gasteiger partial charge in [-0.25, -0.2) is 13.6 Å². The number of nitrogens with one attached hydrogen (secondary N) is 1. The molecule has 0 bridgehead atoms. The molecule has 1 aliphatic heterocycles. The van der Waals surface area contributed by atoms with Crippen molar-refractivity contribution >= 4 is 23.4 Å². The van der Waals surface area contributed by atoms with E-state index in [2.05, 4.69) is 5.32 Å². The van der Waals surface area contributed by atoms with Gasteiger partial charge < -0.3 is 20.9 Å². The molecule has 2 heterocycles. The van der Waals surface area contributed by atoms with Gasteiger partial charge in [-0.2, -0.15) is 0 Å². The molecule has 1 fully saturated rings. The number of halogens is 2. The third kappa shape index (κ3) is 4.04. The predicted octanol–water partition coefficient (Wildman–Crippen LogP) is 1.40. The van der Waals surface area contributed by atoms with Crippen molar-refractivity contribution in [3.05, 3.63) is 52.5 Å². The Labute approximate surface area is 163 Å². The van der Waals surface area contributed by atoms with E-state index < -0.39 is 41.3 Å². The first-order valence-corrected chi connectivity index (χ1v) is 8.52. The van der Waals surface area contributed by atoms with Gasteiger partial charge in [0.25, 0.3) is 5.56 Å². The maximum atomic E-state index is 14.5. The molecule has 1 aromatic heterocycles. The Bertz CT molecular complexity index is 1030. The van der Waals surface area contributed by atoms with Crippen LogP contribution in [0.3, 0.4) is 0 Å². The second-order valence-corrected chi connectivity index (χ2v) is 6.48. The second kappa shape index (κ2) is 7.87. The Kier molecular flexibility index (Phi) is 5.50. The van der Waals surface area contributed by atoms with Gasteiger partial charge in [0.15, 0.2) is 5.82 Å². The number of methoxy groups -OCH3 is 1. The number of rotatable bonds is 4. The summed E-state index contributed by atoms with van der Waals surface area (Å²) >= 11 is 0. The molecule has 2 amide bonds. The molecule has 0 aliphatic carbocycles. The van der Waals surface area contributed by atoms with Gasteiger partial charge in [0.05, 0.1) is 35.9 Å². The first kappa shape index (κ1) is 20.3. The van der Waals surface area contributed by atoms with Crippen LogP contribution in [0.2, 0.25) is 0 Å². The number of carbonyl (C=O) groups is 2. The lowest BCUT2D eigenvalue weighted by Crippen LogP contribution is -2.42. The van der Waals surface area contributed by atoms with Crippen LogP contribution in [-0.2, 0) is 9.53 Å². The Morgan fingerprint density at radius 2 is 2.00 bits per heavy atom. The van der Waals surface area contributed by atoms with E-state index >= 15 is 0 Å². The first-order chi connectivity index (χ1) is 13.7. The fourth-order valence-corrected chi connectivity index (χ4v) is 3.12. The van der Waals surface area contributed by atoms with E-state index in [9.17, 15) is 28.3 Å². The molecule has 0 unspecified atom stereocenters. The molecule has 3 rings (SSSR count). The molecular weight excluding hydrogens is 390 g/mol. The highest BCUT2D eigenvalue weighted by molar-refractivity contribution is 5.97. The van der Waals surface area contributed by atoms with Crippen molar-refractivity contribution in [2.24, 2.45) is 0 Å². The van der Waals surface area contributed by atoms with Gasteiger partial charge in [0.2, 0.25) is 5.91 Å². The summed E-state index contributed by atoms with van der Waals surface area (Å²) < 4.78 is 34.1. The average Bonchev–Trinajstić information content (AvgIpc) is 3.11. The van der Waals surface area contributed by atoms with E-state index in [0.29, 0.717) is 0 Å². The number of nitrogen functional groups attached to an aromatic ring is 1. The van der Waals surface area contributed by atoms with Crippen molar-refractivity contribution in [3.63, 3.8) is 0 Å². The minimum atomic E-state index is -1.29. The quantitative estimate of drug-likeness (QED) is 0.702. The van der Waals surface area contributed by atoms with Gasteiger partial charge in [-0.05, 0) is 12.1 Å². The van der Waals surface area contributed by atoms with Gasteiger partial charge in [-0.3, -0.25) is 19.1 Å². The second-order valence-electron chi connectivity index (χ2n) is 6.48. The van der Waals surface area contributed by atoms with Gasteiger partial charge in [-0.1, -0.05) is 0 Å². The summed E-state index contributed by atoms with van der Waals surface area (Å²) in [6, 6.07) is 3.27. The lowest BCUT2D eigenvalue weighted by atomic mass is 10.1. The molecular formula is C18H18F2N4O5. The number of nitrogens with zero attached hydrogens (tertiary/aromatic N) is 2. The van der Waals surface area contributed by atoms with E-state index in [1.165, 1.54) is 19.2 Å². The fraction of sp³-hybridized carbons (Fsp3) is 0.278. The number of carboxylic acid groups (broad SMARTS) is 1. The van der Waals surface area contributed by atoms with Gasteiger partial charge in [0.1, 0.15) is 11.9 Å². The van der Waals surface area contributed by atoms with Crippen molar-refractivity contribution in [1.82, 2.24) is 9.47 Å². The highest BCUT2D eigenvalue weighted by Crippen LogP contribution is 2.24. The van der Waals surface area contributed by atoms with Crippen LogP contribution in [0.5, 0.6) is 0 Å². The summed E-state index contributed by atoms with van der Waals surface area (Å²) in [4.78, 5) is 36.7. The minimum absolute atomic E-state index is 0.0248. The maximum Gasteiger partial charge on any atom is 0.408 e. The average molecular weight is 408 g/mol. The van der Waals surface area contributed by atoms with Gasteiger partial charge in [-0.15, -0.1) is 0 Å². The molecule has 0 spiro atoms. The first-order valence-electron chi connectivity index (χ1n) is 8.52. The van der Waals surface area contributed by atoms with Gasteiger partial charge in [0, 0.05) is 25.7 Å². The molecule has 0 radical (unpaired) electrons. The number of amides is 2. The van der Waals surface area contributed by atoms with E-state index in [1.807, 2.05) is 0 Å². The molecule has 2 aromatic rings. The SMILES string of the molecule is CO[C@@H]1C[C@H](C(=O)Nc2ccc(-n3cc(F)c(N)cc3=O)cc2F)N(C(=O)O)C1. The zero-order valence-electron chi connectivity index (χ0n) is 15.3. The van der Waals surface area contributed by atoms with Crippen LogP contribution in [0.25, 0.3) is 5.69 Å². The number of aromatic nitrogens is 1. The molecule has 0 saturated carbocycles. The van der Waals surface area contributed by atoms with Crippen LogP contribution in [0.15, 0.2) is 35.3 Å².